The molecule has 1 aromatic carbocycles. The Bertz CT molecular complexity index is 1350. The molecule has 2 rings (SSSR count). The molecule has 0 saturated carbocycles. The molecule has 1 aliphatic heterocycles. The van der Waals surface area contributed by atoms with Crippen LogP contribution in [0.15, 0.2) is 24.3 Å². The molecule has 6 amide bonds. The third-order valence-corrected chi connectivity index (χ3v) is 9.62. The molecule has 13 nitrogen and oxygen atoms in total. The minimum absolute atomic E-state index is 0.00224. The summed E-state index contributed by atoms with van der Waals surface area (Å²) in [4.78, 5) is 83.9. The second-order valence-electron chi connectivity index (χ2n) is 15.7. The average Bonchev–Trinajstić information content (AvgIpc) is 3.07. The molecule has 1 aromatic rings. The van der Waals surface area contributed by atoms with Gasteiger partial charge in [0.05, 0.1) is 0 Å². The van der Waals surface area contributed by atoms with Crippen LogP contribution in [0.3, 0.4) is 0 Å². The van der Waals surface area contributed by atoms with E-state index in [1.807, 2.05) is 69.2 Å². The molecule has 52 heavy (non-hydrogen) atoms. The van der Waals surface area contributed by atoms with E-state index in [0.717, 1.165) is 0 Å². The Labute approximate surface area is 310 Å². The molecule has 0 bridgehead atoms. The van der Waals surface area contributed by atoms with Crippen molar-refractivity contribution in [2.45, 2.75) is 144 Å². The van der Waals surface area contributed by atoms with E-state index < -0.39 is 71.7 Å². The van der Waals surface area contributed by atoms with Crippen LogP contribution in [0.1, 0.15) is 107 Å². The summed E-state index contributed by atoms with van der Waals surface area (Å²) < 4.78 is 0. The molecule has 8 atom stereocenters. The van der Waals surface area contributed by atoms with E-state index >= 15 is 0 Å². The van der Waals surface area contributed by atoms with Crippen LogP contribution in [0.25, 0.3) is 0 Å². The van der Waals surface area contributed by atoms with Gasteiger partial charge in [0.2, 0.25) is 35.4 Å². The lowest BCUT2D eigenvalue weighted by atomic mass is 9.94. The number of carbonyl (C=O) groups is 6. The normalized spacial score (nSPS) is 25.6. The predicted molar refractivity (Wildman–Crippen MR) is 201 cm³/mol. The number of benzene rings is 1. The van der Waals surface area contributed by atoms with Crippen LogP contribution in [-0.2, 0) is 35.2 Å². The second-order valence-corrected chi connectivity index (χ2v) is 15.7. The molecular formula is C39H64N6O7. The van der Waals surface area contributed by atoms with E-state index in [1.165, 1.54) is 12.1 Å². The molecule has 13 heteroatoms. The first-order valence-corrected chi connectivity index (χ1v) is 19.0. The molecule has 1 saturated heterocycles. The lowest BCUT2D eigenvalue weighted by Gasteiger charge is -2.32. The summed E-state index contributed by atoms with van der Waals surface area (Å²) in [6.07, 6.45) is 1.88. The number of amides is 6. The molecule has 0 aromatic heterocycles. The molecular weight excluding hydrogens is 664 g/mol. The quantitative estimate of drug-likeness (QED) is 0.172. The third kappa shape index (κ3) is 13.8. The molecule has 0 spiro atoms. The van der Waals surface area contributed by atoms with E-state index in [1.54, 1.807) is 12.1 Å². The van der Waals surface area contributed by atoms with Gasteiger partial charge < -0.3 is 37.0 Å². The monoisotopic (exact) mass is 728 g/mol. The highest BCUT2D eigenvalue weighted by molar-refractivity contribution is 5.98. The fourth-order valence-electron chi connectivity index (χ4n) is 6.16. The maximum absolute atomic E-state index is 14.1. The lowest BCUT2D eigenvalue weighted by molar-refractivity contribution is -0.138. The minimum atomic E-state index is -1.17. The van der Waals surface area contributed by atoms with Gasteiger partial charge in [-0.2, -0.15) is 0 Å². The fraction of sp³-hybridized carbons (Fsp3) is 0.692. The van der Waals surface area contributed by atoms with Gasteiger partial charge in [-0.15, -0.1) is 0 Å². The van der Waals surface area contributed by atoms with Crippen molar-refractivity contribution >= 4 is 35.4 Å². The summed E-state index contributed by atoms with van der Waals surface area (Å²) in [5.74, 6) is -4.11. The van der Waals surface area contributed by atoms with Gasteiger partial charge in [0.15, 0.2) is 0 Å². The van der Waals surface area contributed by atoms with Gasteiger partial charge in [-0.1, -0.05) is 94.2 Å². The zero-order chi connectivity index (χ0) is 39.3. The van der Waals surface area contributed by atoms with Crippen molar-refractivity contribution in [2.24, 2.45) is 29.6 Å². The summed E-state index contributed by atoms with van der Waals surface area (Å²) in [6.45, 7) is 18.9. The Morgan fingerprint density at radius 1 is 0.481 bits per heavy atom. The molecule has 7 N–H and O–H groups in total. The molecule has 1 aliphatic rings. The van der Waals surface area contributed by atoms with E-state index in [0.29, 0.717) is 18.4 Å². The van der Waals surface area contributed by atoms with E-state index in [2.05, 4.69) is 31.9 Å². The van der Waals surface area contributed by atoms with Crippen molar-refractivity contribution in [2.75, 3.05) is 0 Å². The number of rotatable bonds is 12. The SMILES string of the molecule is CC[C@H](C)[C@@H]1NC(=O)[C@@H](Cc2ccc(O)cc2)NC(=O)[C@@H]([C@@H](C)CC)NC(=O)[C@H](CC(C)C)NC(=O)[C@@H](CC(C)C)NC(=O)[C@H](CC(C)C)NC1=O. The summed E-state index contributed by atoms with van der Waals surface area (Å²) in [6, 6.07) is -0.111. The molecule has 0 radical (unpaired) electrons. The van der Waals surface area contributed by atoms with Crippen molar-refractivity contribution < 1.29 is 33.9 Å². The van der Waals surface area contributed by atoms with E-state index in [-0.39, 0.29) is 61.0 Å². The lowest BCUT2D eigenvalue weighted by Crippen LogP contribution is -2.63. The van der Waals surface area contributed by atoms with Gasteiger partial charge in [0.25, 0.3) is 0 Å². The van der Waals surface area contributed by atoms with Crippen LogP contribution >= 0.6 is 0 Å². The van der Waals surface area contributed by atoms with Crippen LogP contribution in [0.2, 0.25) is 0 Å². The van der Waals surface area contributed by atoms with Crippen LogP contribution < -0.4 is 31.9 Å². The largest absolute Gasteiger partial charge is 0.508 e. The molecule has 1 fully saturated rings. The third-order valence-electron chi connectivity index (χ3n) is 9.62. The van der Waals surface area contributed by atoms with Crippen molar-refractivity contribution in [3.63, 3.8) is 0 Å². The highest BCUT2D eigenvalue weighted by Crippen LogP contribution is 2.17. The molecule has 1 heterocycles. The van der Waals surface area contributed by atoms with Gasteiger partial charge in [-0.05, 0) is 66.5 Å². The first kappa shape index (κ1) is 44.0. The topological polar surface area (TPSA) is 195 Å². The van der Waals surface area contributed by atoms with Crippen LogP contribution in [0.5, 0.6) is 5.75 Å². The first-order valence-electron chi connectivity index (χ1n) is 19.0. The van der Waals surface area contributed by atoms with Crippen molar-refractivity contribution in [3.05, 3.63) is 29.8 Å². The molecule has 0 unspecified atom stereocenters. The number of aromatic hydroxyl groups is 1. The van der Waals surface area contributed by atoms with Crippen molar-refractivity contribution in [1.29, 1.82) is 0 Å². The molecule has 0 aliphatic carbocycles. The number of phenols is 1. The number of hydrogen-bond acceptors (Lipinski definition) is 7. The van der Waals surface area contributed by atoms with Crippen molar-refractivity contribution in [3.8, 4) is 5.75 Å². The van der Waals surface area contributed by atoms with Crippen molar-refractivity contribution in [1.82, 2.24) is 31.9 Å². The molecule has 292 valence electrons. The van der Waals surface area contributed by atoms with Gasteiger partial charge in [-0.3, -0.25) is 28.8 Å². The minimum Gasteiger partial charge on any atom is -0.508 e. The highest BCUT2D eigenvalue weighted by atomic mass is 16.3. The number of phenolic OH excluding ortho intramolecular Hbond substituents is 1. The summed E-state index contributed by atoms with van der Waals surface area (Å²) >= 11 is 0. The summed E-state index contributed by atoms with van der Waals surface area (Å²) in [5, 5.41) is 26.9. The standard InChI is InChI=1S/C39H64N6O7/c1-11-24(9)32-38(51)42-29(18-22(5)6)35(48)40-28(17-21(3)4)34(47)41-30(19-23(7)8)36(49)44-33(25(10)12-2)39(52)43-31(37(50)45-32)20-26-13-15-27(46)16-14-26/h13-16,21-25,28-33,46H,11-12,17-20H2,1-10H3,(H,40,48)(H,41,47)(H,42,51)(H,43,52)(H,44,49)(H,45,50)/t24-,25-,28+,29-,30-,31+,32-,33+/m0/s1. The smallest absolute Gasteiger partial charge is 0.243 e. The van der Waals surface area contributed by atoms with E-state index in [4.69, 9.17) is 0 Å². The highest BCUT2D eigenvalue weighted by Gasteiger charge is 2.37. The van der Waals surface area contributed by atoms with Crippen LogP contribution in [-0.4, -0.2) is 76.8 Å². The average molecular weight is 729 g/mol. The maximum Gasteiger partial charge on any atom is 0.243 e. The summed E-state index contributed by atoms with van der Waals surface area (Å²) in [7, 11) is 0. The Morgan fingerprint density at radius 2 is 0.788 bits per heavy atom. The Kier molecular flexibility index (Phi) is 17.6. The Morgan fingerprint density at radius 3 is 1.13 bits per heavy atom. The van der Waals surface area contributed by atoms with Gasteiger partial charge in [0, 0.05) is 6.42 Å². The van der Waals surface area contributed by atoms with Gasteiger partial charge in [-0.25, -0.2) is 0 Å². The Hall–Kier alpha value is -4.16. The second kappa shape index (κ2) is 20.8. The van der Waals surface area contributed by atoms with Crippen LogP contribution in [0, 0.1) is 29.6 Å². The summed E-state index contributed by atoms with van der Waals surface area (Å²) in [5.41, 5.74) is 0.637. The van der Waals surface area contributed by atoms with E-state index in [9.17, 15) is 33.9 Å². The zero-order valence-corrected chi connectivity index (χ0v) is 32.8. The predicted octanol–water partition coefficient (Wildman–Crippen LogP) is 3.09. The Balaban J connectivity index is 2.73. The maximum atomic E-state index is 14.1. The van der Waals surface area contributed by atoms with Crippen LogP contribution in [0.4, 0.5) is 0 Å². The number of carbonyl (C=O) groups excluding carboxylic acids is 6. The first-order chi connectivity index (χ1) is 24.4. The van der Waals surface area contributed by atoms with Gasteiger partial charge in [0.1, 0.15) is 42.0 Å². The fourth-order valence-corrected chi connectivity index (χ4v) is 6.16. The number of hydrogen-bond donors (Lipinski definition) is 7. The number of nitrogens with one attached hydrogen (secondary N) is 6. The zero-order valence-electron chi connectivity index (χ0n) is 32.8. The van der Waals surface area contributed by atoms with Gasteiger partial charge >= 0.3 is 0 Å².